The van der Waals surface area contributed by atoms with Crippen LogP contribution in [-0.4, -0.2) is 46.5 Å². The molecule has 2 N–H and O–H groups in total. The standard InChI is InChI=1S/C20H27N3O4/c1-14-4-6-17(7-5-14)12-23-16(3)18(15(2)22-23)8-9-19(24)21-10-11-27-13-20(25)26/h4-7H,8-13H2,1-3H3,(H,21,24)(H,25,26). The molecule has 1 aromatic carbocycles. The highest BCUT2D eigenvalue weighted by molar-refractivity contribution is 5.76. The van der Waals surface area contributed by atoms with Crippen LogP contribution < -0.4 is 5.32 Å². The van der Waals surface area contributed by atoms with Crippen LogP contribution in [0.15, 0.2) is 24.3 Å². The van der Waals surface area contributed by atoms with Crippen LogP contribution in [0, 0.1) is 20.8 Å². The van der Waals surface area contributed by atoms with Crippen LogP contribution in [0.1, 0.15) is 34.5 Å². The van der Waals surface area contributed by atoms with Gasteiger partial charge in [0.1, 0.15) is 6.61 Å². The van der Waals surface area contributed by atoms with Crippen LogP contribution >= 0.6 is 0 Å². The van der Waals surface area contributed by atoms with Crippen molar-refractivity contribution < 1.29 is 19.4 Å². The molecule has 0 radical (unpaired) electrons. The van der Waals surface area contributed by atoms with Crippen LogP contribution in [0.5, 0.6) is 0 Å². The first-order chi connectivity index (χ1) is 12.9. The molecule has 2 aromatic rings. The minimum Gasteiger partial charge on any atom is -0.480 e. The molecule has 0 aliphatic heterocycles. The SMILES string of the molecule is Cc1ccc(Cn2nc(C)c(CCC(=O)NCCOCC(=O)O)c2C)cc1. The summed E-state index contributed by atoms with van der Waals surface area (Å²) in [4.78, 5) is 22.3. The van der Waals surface area contributed by atoms with E-state index < -0.39 is 5.97 Å². The molecular weight excluding hydrogens is 346 g/mol. The van der Waals surface area contributed by atoms with Gasteiger partial charge in [-0.3, -0.25) is 9.48 Å². The van der Waals surface area contributed by atoms with E-state index in [0.717, 1.165) is 17.0 Å². The summed E-state index contributed by atoms with van der Waals surface area (Å²) in [5.74, 6) is -1.10. The summed E-state index contributed by atoms with van der Waals surface area (Å²) in [7, 11) is 0. The third-order valence-corrected chi connectivity index (χ3v) is 4.38. The van der Waals surface area contributed by atoms with Crippen molar-refractivity contribution in [3.8, 4) is 0 Å². The number of carbonyl (C=O) groups is 2. The van der Waals surface area contributed by atoms with Gasteiger partial charge in [-0.25, -0.2) is 4.79 Å². The van der Waals surface area contributed by atoms with E-state index in [4.69, 9.17) is 9.84 Å². The second-order valence-corrected chi connectivity index (χ2v) is 6.59. The second-order valence-electron chi connectivity index (χ2n) is 6.59. The van der Waals surface area contributed by atoms with Gasteiger partial charge in [-0.2, -0.15) is 5.10 Å². The second kappa shape index (κ2) is 9.87. The zero-order valence-corrected chi connectivity index (χ0v) is 16.1. The molecule has 0 unspecified atom stereocenters. The van der Waals surface area contributed by atoms with Gasteiger partial charge < -0.3 is 15.2 Å². The molecule has 146 valence electrons. The highest BCUT2D eigenvalue weighted by atomic mass is 16.5. The molecule has 2 rings (SSSR count). The predicted molar refractivity (Wildman–Crippen MR) is 102 cm³/mol. The number of aliphatic carboxylic acids is 1. The quantitative estimate of drug-likeness (QED) is 0.622. The Morgan fingerprint density at radius 3 is 2.56 bits per heavy atom. The predicted octanol–water partition coefficient (Wildman–Crippen LogP) is 2.01. The van der Waals surface area contributed by atoms with E-state index in [-0.39, 0.29) is 19.1 Å². The summed E-state index contributed by atoms with van der Waals surface area (Å²) in [5, 5.41) is 15.8. The largest absolute Gasteiger partial charge is 0.480 e. The Morgan fingerprint density at radius 2 is 1.89 bits per heavy atom. The number of aromatic nitrogens is 2. The summed E-state index contributed by atoms with van der Waals surface area (Å²) in [6.07, 6.45) is 0.976. The Kier molecular flexibility index (Phi) is 7.55. The van der Waals surface area contributed by atoms with Crippen LogP contribution in [0.3, 0.4) is 0 Å². The number of rotatable bonds is 10. The molecule has 1 amide bonds. The fraction of sp³-hybridized carbons (Fsp3) is 0.450. The topological polar surface area (TPSA) is 93.5 Å². The molecule has 0 aliphatic carbocycles. The fourth-order valence-electron chi connectivity index (χ4n) is 2.87. The van der Waals surface area contributed by atoms with E-state index in [9.17, 15) is 9.59 Å². The maximum atomic E-state index is 12.0. The average molecular weight is 373 g/mol. The molecule has 0 aliphatic rings. The number of nitrogens with one attached hydrogen (secondary N) is 1. The Bertz CT molecular complexity index is 781. The van der Waals surface area contributed by atoms with Crippen molar-refractivity contribution >= 4 is 11.9 Å². The number of carboxylic acids is 1. The Hall–Kier alpha value is -2.67. The van der Waals surface area contributed by atoms with E-state index in [1.54, 1.807) is 0 Å². The van der Waals surface area contributed by atoms with Crippen molar-refractivity contribution in [2.75, 3.05) is 19.8 Å². The van der Waals surface area contributed by atoms with Crippen molar-refractivity contribution in [3.63, 3.8) is 0 Å². The van der Waals surface area contributed by atoms with Gasteiger partial charge in [0, 0.05) is 18.7 Å². The molecule has 0 saturated heterocycles. The van der Waals surface area contributed by atoms with Crippen molar-refractivity contribution in [3.05, 3.63) is 52.3 Å². The molecule has 1 aromatic heterocycles. The molecular formula is C20H27N3O4. The maximum Gasteiger partial charge on any atom is 0.329 e. The minimum atomic E-state index is -1.02. The number of benzene rings is 1. The van der Waals surface area contributed by atoms with Gasteiger partial charge >= 0.3 is 5.97 Å². The molecule has 0 spiro atoms. The number of aryl methyl sites for hydroxylation is 2. The third kappa shape index (κ3) is 6.53. The van der Waals surface area contributed by atoms with E-state index in [1.165, 1.54) is 11.1 Å². The summed E-state index contributed by atoms with van der Waals surface area (Å²) >= 11 is 0. The van der Waals surface area contributed by atoms with E-state index in [1.807, 2.05) is 18.5 Å². The van der Waals surface area contributed by atoms with Gasteiger partial charge in [-0.1, -0.05) is 29.8 Å². The highest BCUT2D eigenvalue weighted by Gasteiger charge is 2.13. The molecule has 7 heteroatoms. The van der Waals surface area contributed by atoms with Crippen LogP contribution in [0.2, 0.25) is 0 Å². The van der Waals surface area contributed by atoms with Crippen LogP contribution in [0.25, 0.3) is 0 Å². The number of nitrogens with zero attached hydrogens (tertiary/aromatic N) is 2. The first-order valence-electron chi connectivity index (χ1n) is 9.01. The molecule has 0 fully saturated rings. The lowest BCUT2D eigenvalue weighted by atomic mass is 10.1. The fourth-order valence-corrected chi connectivity index (χ4v) is 2.87. The first-order valence-corrected chi connectivity index (χ1v) is 9.01. The van der Waals surface area contributed by atoms with E-state index >= 15 is 0 Å². The van der Waals surface area contributed by atoms with Gasteiger partial charge in [0.15, 0.2) is 0 Å². The lowest BCUT2D eigenvalue weighted by Gasteiger charge is -2.07. The third-order valence-electron chi connectivity index (χ3n) is 4.38. The number of carbonyl (C=O) groups excluding carboxylic acids is 1. The normalized spacial score (nSPS) is 10.8. The zero-order chi connectivity index (χ0) is 19.8. The van der Waals surface area contributed by atoms with Crippen molar-refractivity contribution in [1.82, 2.24) is 15.1 Å². The lowest BCUT2D eigenvalue weighted by Crippen LogP contribution is -2.28. The van der Waals surface area contributed by atoms with Gasteiger partial charge in [-0.15, -0.1) is 0 Å². The van der Waals surface area contributed by atoms with Crippen molar-refractivity contribution in [2.24, 2.45) is 0 Å². The number of amides is 1. The van der Waals surface area contributed by atoms with Gasteiger partial charge in [0.05, 0.1) is 18.8 Å². The molecule has 7 nitrogen and oxygen atoms in total. The summed E-state index contributed by atoms with van der Waals surface area (Å²) in [5.41, 5.74) is 5.53. The monoisotopic (exact) mass is 373 g/mol. The van der Waals surface area contributed by atoms with Crippen LogP contribution in [0.4, 0.5) is 0 Å². The maximum absolute atomic E-state index is 12.0. The van der Waals surface area contributed by atoms with Gasteiger partial charge in [0.2, 0.25) is 5.91 Å². The highest BCUT2D eigenvalue weighted by Crippen LogP contribution is 2.17. The smallest absolute Gasteiger partial charge is 0.329 e. The summed E-state index contributed by atoms with van der Waals surface area (Å²) in [6, 6.07) is 8.38. The van der Waals surface area contributed by atoms with Gasteiger partial charge in [-0.05, 0) is 38.3 Å². The molecule has 0 atom stereocenters. The Labute approximate surface area is 159 Å². The molecule has 27 heavy (non-hydrogen) atoms. The first kappa shape index (κ1) is 20.6. The van der Waals surface area contributed by atoms with E-state index in [0.29, 0.717) is 25.9 Å². The summed E-state index contributed by atoms with van der Waals surface area (Å²) in [6.45, 7) is 6.90. The Balaban J connectivity index is 1.84. The number of hydrogen-bond donors (Lipinski definition) is 2. The lowest BCUT2D eigenvalue weighted by molar-refractivity contribution is -0.142. The van der Waals surface area contributed by atoms with Crippen molar-refractivity contribution in [1.29, 1.82) is 0 Å². The van der Waals surface area contributed by atoms with Gasteiger partial charge in [0.25, 0.3) is 0 Å². The van der Waals surface area contributed by atoms with Crippen molar-refractivity contribution in [2.45, 2.75) is 40.2 Å². The minimum absolute atomic E-state index is 0.0843. The molecule has 1 heterocycles. The Morgan fingerprint density at radius 1 is 1.19 bits per heavy atom. The molecule has 0 saturated carbocycles. The number of hydrogen-bond acceptors (Lipinski definition) is 4. The summed E-state index contributed by atoms with van der Waals surface area (Å²) < 4.78 is 6.87. The zero-order valence-electron chi connectivity index (χ0n) is 16.1. The molecule has 0 bridgehead atoms. The van der Waals surface area contributed by atoms with Crippen LogP contribution in [-0.2, 0) is 27.3 Å². The average Bonchev–Trinajstić information content (AvgIpc) is 2.88. The number of carboxylic acid groups (broad SMARTS) is 1. The van der Waals surface area contributed by atoms with E-state index in [2.05, 4.69) is 41.6 Å². The number of ether oxygens (including phenoxy) is 1.